The van der Waals surface area contributed by atoms with Gasteiger partial charge in [0.25, 0.3) is 0 Å². The summed E-state index contributed by atoms with van der Waals surface area (Å²) in [4.78, 5) is 37.2. The van der Waals surface area contributed by atoms with Crippen LogP contribution in [0.15, 0.2) is 11.2 Å². The van der Waals surface area contributed by atoms with Crippen molar-refractivity contribution in [2.45, 2.75) is 44.2 Å². The van der Waals surface area contributed by atoms with Crippen molar-refractivity contribution >= 4 is 41.1 Å². The predicted molar refractivity (Wildman–Crippen MR) is 110 cm³/mol. The molecule has 0 N–H and O–H groups in total. The molecule has 154 valence electrons. The predicted octanol–water partition coefficient (Wildman–Crippen LogP) is 3.01. The first-order valence-corrected chi connectivity index (χ1v) is 11.3. The van der Waals surface area contributed by atoms with E-state index in [1.165, 1.54) is 18.2 Å². The van der Waals surface area contributed by atoms with E-state index in [1.54, 1.807) is 11.0 Å². The summed E-state index contributed by atoms with van der Waals surface area (Å²) in [6.07, 6.45) is 4.87. The minimum absolute atomic E-state index is 0.0374. The van der Waals surface area contributed by atoms with Gasteiger partial charge in [-0.2, -0.15) is 0 Å². The Balaban J connectivity index is 1.51. The maximum Gasteiger partial charge on any atom is 0.309 e. The molecule has 0 aliphatic carbocycles. The molecule has 9 heteroatoms. The van der Waals surface area contributed by atoms with Crippen LogP contribution in [-0.2, 0) is 14.3 Å². The SMILES string of the molecule is CCOC(=O)C1CCN(C(=O)CSc2nc(Cl)cc(N3CCCCC3)n2)CC1. The van der Waals surface area contributed by atoms with Gasteiger partial charge in [0.15, 0.2) is 5.16 Å². The zero-order valence-electron chi connectivity index (χ0n) is 16.2. The van der Waals surface area contributed by atoms with Gasteiger partial charge in [-0.25, -0.2) is 9.97 Å². The number of carbonyl (C=O) groups is 2. The van der Waals surface area contributed by atoms with Gasteiger partial charge < -0.3 is 14.5 Å². The number of nitrogens with zero attached hydrogens (tertiary/aromatic N) is 4. The summed E-state index contributed by atoms with van der Waals surface area (Å²) in [5, 5.41) is 0.934. The van der Waals surface area contributed by atoms with Gasteiger partial charge in [-0.15, -0.1) is 0 Å². The minimum atomic E-state index is -0.151. The van der Waals surface area contributed by atoms with Crippen LogP contribution >= 0.6 is 23.4 Å². The van der Waals surface area contributed by atoms with Crippen LogP contribution < -0.4 is 4.90 Å². The molecule has 7 nitrogen and oxygen atoms in total. The maximum atomic E-state index is 12.5. The normalized spacial score (nSPS) is 18.2. The number of piperidine rings is 2. The van der Waals surface area contributed by atoms with Gasteiger partial charge in [-0.3, -0.25) is 9.59 Å². The first-order valence-electron chi connectivity index (χ1n) is 9.93. The van der Waals surface area contributed by atoms with Crippen molar-refractivity contribution in [3.63, 3.8) is 0 Å². The molecule has 0 spiro atoms. The highest BCUT2D eigenvalue weighted by Crippen LogP contribution is 2.25. The van der Waals surface area contributed by atoms with Crippen molar-refractivity contribution in [3.8, 4) is 0 Å². The molecule has 3 heterocycles. The van der Waals surface area contributed by atoms with Gasteiger partial charge in [0.2, 0.25) is 5.91 Å². The van der Waals surface area contributed by atoms with E-state index in [9.17, 15) is 9.59 Å². The maximum absolute atomic E-state index is 12.5. The highest BCUT2D eigenvalue weighted by atomic mass is 35.5. The lowest BCUT2D eigenvalue weighted by atomic mass is 9.97. The number of likely N-dealkylation sites (tertiary alicyclic amines) is 1. The van der Waals surface area contributed by atoms with Crippen molar-refractivity contribution in [2.24, 2.45) is 5.92 Å². The van der Waals surface area contributed by atoms with Crippen LogP contribution in [0.5, 0.6) is 0 Å². The zero-order chi connectivity index (χ0) is 19.9. The number of amides is 1. The summed E-state index contributed by atoms with van der Waals surface area (Å²) in [6, 6.07) is 1.79. The Bertz CT molecular complexity index is 692. The van der Waals surface area contributed by atoms with Crippen molar-refractivity contribution in [2.75, 3.05) is 43.4 Å². The van der Waals surface area contributed by atoms with Crippen molar-refractivity contribution in [1.29, 1.82) is 0 Å². The van der Waals surface area contributed by atoms with E-state index in [1.807, 2.05) is 6.92 Å². The van der Waals surface area contributed by atoms with Crippen molar-refractivity contribution in [3.05, 3.63) is 11.2 Å². The molecule has 2 aliphatic rings. The summed E-state index contributed by atoms with van der Waals surface area (Å²) in [7, 11) is 0. The molecule has 2 aliphatic heterocycles. The second-order valence-electron chi connectivity index (χ2n) is 7.07. The van der Waals surface area contributed by atoms with Gasteiger partial charge in [0.1, 0.15) is 11.0 Å². The molecule has 2 fully saturated rings. The fourth-order valence-corrected chi connectivity index (χ4v) is 4.56. The number of ether oxygens (including phenoxy) is 1. The molecule has 0 radical (unpaired) electrons. The Morgan fingerprint density at radius 3 is 2.57 bits per heavy atom. The number of hydrogen-bond acceptors (Lipinski definition) is 7. The molecule has 1 aromatic heterocycles. The van der Waals surface area contributed by atoms with Crippen molar-refractivity contribution in [1.82, 2.24) is 14.9 Å². The Kier molecular flexibility index (Phi) is 7.79. The molecule has 0 atom stereocenters. The number of thioether (sulfide) groups is 1. The van der Waals surface area contributed by atoms with Crippen LogP contribution in [-0.4, -0.2) is 65.3 Å². The van der Waals surface area contributed by atoms with Gasteiger partial charge >= 0.3 is 5.97 Å². The Morgan fingerprint density at radius 1 is 1.18 bits per heavy atom. The average molecular weight is 427 g/mol. The van der Waals surface area contributed by atoms with E-state index in [4.69, 9.17) is 16.3 Å². The third-order valence-electron chi connectivity index (χ3n) is 5.13. The van der Waals surface area contributed by atoms with Crippen LogP contribution in [0.3, 0.4) is 0 Å². The Hall–Kier alpha value is -1.54. The summed E-state index contributed by atoms with van der Waals surface area (Å²) in [6.45, 7) is 5.32. The minimum Gasteiger partial charge on any atom is -0.466 e. The number of aromatic nitrogens is 2. The molecule has 0 bridgehead atoms. The van der Waals surface area contributed by atoms with E-state index < -0.39 is 0 Å². The van der Waals surface area contributed by atoms with E-state index in [2.05, 4.69) is 14.9 Å². The number of rotatable bonds is 6. The van der Waals surface area contributed by atoms with Crippen molar-refractivity contribution < 1.29 is 14.3 Å². The third kappa shape index (κ3) is 5.73. The monoisotopic (exact) mass is 426 g/mol. The van der Waals surface area contributed by atoms with Crippen LogP contribution in [0.1, 0.15) is 39.0 Å². The second-order valence-corrected chi connectivity index (χ2v) is 8.40. The molecular weight excluding hydrogens is 400 g/mol. The summed E-state index contributed by atoms with van der Waals surface area (Å²) < 4.78 is 5.08. The fraction of sp³-hybridized carbons (Fsp3) is 0.684. The summed E-state index contributed by atoms with van der Waals surface area (Å²) >= 11 is 7.49. The van der Waals surface area contributed by atoms with Crippen LogP contribution in [0.4, 0.5) is 5.82 Å². The number of esters is 1. The first kappa shape index (κ1) is 21.2. The van der Waals surface area contributed by atoms with E-state index in [0.29, 0.717) is 42.8 Å². The largest absolute Gasteiger partial charge is 0.466 e. The molecule has 2 saturated heterocycles. The van der Waals surface area contributed by atoms with Gasteiger partial charge in [0.05, 0.1) is 18.3 Å². The number of hydrogen-bond donors (Lipinski definition) is 0. The lowest BCUT2D eigenvalue weighted by Gasteiger charge is -2.30. The smallest absolute Gasteiger partial charge is 0.309 e. The van der Waals surface area contributed by atoms with Gasteiger partial charge in [-0.05, 0) is 39.0 Å². The lowest BCUT2D eigenvalue weighted by molar-refractivity contribution is -0.151. The molecule has 28 heavy (non-hydrogen) atoms. The average Bonchev–Trinajstić information content (AvgIpc) is 2.72. The number of carbonyl (C=O) groups excluding carboxylic acids is 2. The fourth-order valence-electron chi connectivity index (χ4n) is 3.58. The standard InChI is InChI=1S/C19H27ClN4O3S/c1-2-27-18(26)14-6-10-24(11-7-14)17(25)13-28-19-21-15(20)12-16(22-19)23-8-4-3-5-9-23/h12,14H,2-11,13H2,1H3. The molecule has 1 amide bonds. The molecule has 0 aromatic carbocycles. The molecule has 0 saturated carbocycles. The number of anilines is 1. The highest BCUT2D eigenvalue weighted by molar-refractivity contribution is 7.99. The first-order chi connectivity index (χ1) is 13.6. The van der Waals surface area contributed by atoms with E-state index in [-0.39, 0.29) is 23.5 Å². The van der Waals surface area contributed by atoms with Crippen LogP contribution in [0.2, 0.25) is 5.15 Å². The Labute approximate surface area is 175 Å². The van der Waals surface area contributed by atoms with Gasteiger partial charge in [0, 0.05) is 32.2 Å². The molecular formula is C19H27ClN4O3S. The highest BCUT2D eigenvalue weighted by Gasteiger charge is 2.28. The third-order valence-corrected chi connectivity index (χ3v) is 6.16. The quantitative estimate of drug-likeness (QED) is 0.299. The molecule has 0 unspecified atom stereocenters. The second kappa shape index (κ2) is 10.3. The number of halogens is 1. The van der Waals surface area contributed by atoms with Crippen LogP contribution in [0, 0.1) is 5.92 Å². The van der Waals surface area contributed by atoms with Crippen LogP contribution in [0.25, 0.3) is 0 Å². The molecule has 1 aromatic rings. The lowest BCUT2D eigenvalue weighted by Crippen LogP contribution is -2.41. The zero-order valence-corrected chi connectivity index (χ0v) is 17.8. The van der Waals surface area contributed by atoms with E-state index in [0.717, 1.165) is 31.7 Å². The topological polar surface area (TPSA) is 75.6 Å². The molecule has 3 rings (SSSR count). The summed E-state index contributed by atoms with van der Waals surface area (Å²) in [5.41, 5.74) is 0. The van der Waals surface area contributed by atoms with Gasteiger partial charge in [-0.1, -0.05) is 23.4 Å². The van der Waals surface area contributed by atoms with E-state index >= 15 is 0 Å². The Morgan fingerprint density at radius 2 is 1.89 bits per heavy atom. The summed E-state index contributed by atoms with van der Waals surface area (Å²) in [5.74, 6) is 0.894.